The van der Waals surface area contributed by atoms with Crippen molar-refractivity contribution in [2.75, 3.05) is 12.4 Å². The first-order valence-corrected chi connectivity index (χ1v) is 5.00. The summed E-state index contributed by atoms with van der Waals surface area (Å²) < 4.78 is 1.80. The number of anilines is 1. The van der Waals surface area contributed by atoms with Crippen LogP contribution in [0.2, 0.25) is 0 Å². The van der Waals surface area contributed by atoms with Crippen LogP contribution in [0.3, 0.4) is 0 Å². The lowest BCUT2D eigenvalue weighted by atomic mass is 10.2. The standard InChI is InChI=1S/C10H18N4O/c1-7(5-10(15)11-3)12-9-6-8(2)14(4)13-9/h6-7H,5H2,1-4H3,(H,11,15)(H,12,13). The van der Waals surface area contributed by atoms with Crippen LogP contribution < -0.4 is 10.6 Å². The third kappa shape index (κ3) is 3.27. The Labute approximate surface area is 89.9 Å². The summed E-state index contributed by atoms with van der Waals surface area (Å²) in [5.41, 5.74) is 1.09. The lowest BCUT2D eigenvalue weighted by Crippen LogP contribution is -2.26. The van der Waals surface area contributed by atoms with E-state index in [9.17, 15) is 4.79 Å². The molecule has 0 aromatic carbocycles. The maximum absolute atomic E-state index is 11.1. The molecule has 1 amide bonds. The molecule has 0 fully saturated rings. The largest absolute Gasteiger partial charge is 0.366 e. The fraction of sp³-hybridized carbons (Fsp3) is 0.600. The second kappa shape index (κ2) is 4.82. The Balaban J connectivity index is 2.51. The van der Waals surface area contributed by atoms with Crippen molar-refractivity contribution in [2.45, 2.75) is 26.3 Å². The average Bonchev–Trinajstić information content (AvgIpc) is 2.45. The van der Waals surface area contributed by atoms with Gasteiger partial charge in [-0.15, -0.1) is 0 Å². The number of rotatable bonds is 4. The Morgan fingerprint density at radius 2 is 2.33 bits per heavy atom. The summed E-state index contributed by atoms with van der Waals surface area (Å²) in [6, 6.07) is 2.04. The fourth-order valence-corrected chi connectivity index (χ4v) is 1.31. The van der Waals surface area contributed by atoms with Crippen LogP contribution in [0.25, 0.3) is 0 Å². The molecule has 0 saturated carbocycles. The normalized spacial score (nSPS) is 12.3. The van der Waals surface area contributed by atoms with Gasteiger partial charge in [0.1, 0.15) is 5.82 Å². The molecule has 0 bridgehead atoms. The molecule has 1 unspecified atom stereocenters. The van der Waals surface area contributed by atoms with Gasteiger partial charge in [0.2, 0.25) is 5.91 Å². The first-order chi connectivity index (χ1) is 7.02. The number of aryl methyl sites for hydroxylation is 2. The molecule has 1 aromatic rings. The predicted molar refractivity (Wildman–Crippen MR) is 59.7 cm³/mol. The Kier molecular flexibility index (Phi) is 3.71. The van der Waals surface area contributed by atoms with Crippen molar-refractivity contribution in [2.24, 2.45) is 7.05 Å². The van der Waals surface area contributed by atoms with Crippen molar-refractivity contribution in [3.8, 4) is 0 Å². The number of hydrogen-bond acceptors (Lipinski definition) is 3. The second-order valence-electron chi connectivity index (χ2n) is 3.72. The Morgan fingerprint density at radius 1 is 1.67 bits per heavy atom. The number of aromatic nitrogens is 2. The van der Waals surface area contributed by atoms with Crippen molar-refractivity contribution in [3.05, 3.63) is 11.8 Å². The highest BCUT2D eigenvalue weighted by molar-refractivity contribution is 5.76. The number of nitrogens with one attached hydrogen (secondary N) is 2. The summed E-state index contributed by atoms with van der Waals surface area (Å²) in [5, 5.41) is 10.0. The Hall–Kier alpha value is -1.52. The van der Waals surface area contributed by atoms with Gasteiger partial charge in [0.15, 0.2) is 0 Å². The van der Waals surface area contributed by atoms with E-state index < -0.39 is 0 Å². The fourth-order valence-electron chi connectivity index (χ4n) is 1.31. The highest BCUT2D eigenvalue weighted by Crippen LogP contribution is 2.09. The van der Waals surface area contributed by atoms with E-state index in [1.54, 1.807) is 11.7 Å². The van der Waals surface area contributed by atoms with Gasteiger partial charge in [0, 0.05) is 38.3 Å². The molecule has 15 heavy (non-hydrogen) atoms. The van der Waals surface area contributed by atoms with E-state index in [2.05, 4.69) is 15.7 Å². The molecule has 0 radical (unpaired) electrons. The molecule has 1 atom stereocenters. The molecule has 1 heterocycles. The maximum atomic E-state index is 11.1. The number of carbonyl (C=O) groups is 1. The number of carbonyl (C=O) groups excluding carboxylic acids is 1. The summed E-state index contributed by atoms with van der Waals surface area (Å²) in [6.45, 7) is 3.95. The minimum Gasteiger partial charge on any atom is -0.366 e. The van der Waals surface area contributed by atoms with E-state index in [1.165, 1.54) is 0 Å². The zero-order valence-corrected chi connectivity index (χ0v) is 9.66. The van der Waals surface area contributed by atoms with Gasteiger partial charge in [0.25, 0.3) is 0 Å². The van der Waals surface area contributed by atoms with Gasteiger partial charge < -0.3 is 10.6 Å². The lowest BCUT2D eigenvalue weighted by molar-refractivity contribution is -0.120. The zero-order valence-electron chi connectivity index (χ0n) is 9.66. The SMILES string of the molecule is CNC(=O)CC(C)Nc1cc(C)n(C)n1. The average molecular weight is 210 g/mol. The molecule has 1 rings (SSSR count). The van der Waals surface area contributed by atoms with Crippen molar-refractivity contribution in [1.29, 1.82) is 0 Å². The van der Waals surface area contributed by atoms with Crippen LogP contribution in [-0.4, -0.2) is 28.8 Å². The number of amides is 1. The Bertz CT molecular complexity index is 326. The summed E-state index contributed by atoms with van der Waals surface area (Å²) in [7, 11) is 3.53. The molecule has 5 nitrogen and oxygen atoms in total. The smallest absolute Gasteiger partial charge is 0.221 e. The monoisotopic (exact) mass is 210 g/mol. The Morgan fingerprint density at radius 3 is 2.80 bits per heavy atom. The van der Waals surface area contributed by atoms with Crippen molar-refractivity contribution in [3.63, 3.8) is 0 Å². The van der Waals surface area contributed by atoms with E-state index in [0.29, 0.717) is 6.42 Å². The van der Waals surface area contributed by atoms with Gasteiger partial charge in [0.05, 0.1) is 0 Å². The van der Waals surface area contributed by atoms with Gasteiger partial charge in [-0.25, -0.2) is 0 Å². The molecular weight excluding hydrogens is 192 g/mol. The van der Waals surface area contributed by atoms with Gasteiger partial charge in [-0.1, -0.05) is 0 Å². The molecule has 0 spiro atoms. The zero-order chi connectivity index (χ0) is 11.4. The number of nitrogens with zero attached hydrogens (tertiary/aromatic N) is 2. The minimum atomic E-state index is 0.0302. The van der Waals surface area contributed by atoms with Crippen LogP contribution in [-0.2, 0) is 11.8 Å². The van der Waals surface area contributed by atoms with Crippen LogP contribution >= 0.6 is 0 Å². The molecular formula is C10H18N4O. The van der Waals surface area contributed by atoms with E-state index in [0.717, 1.165) is 11.5 Å². The molecule has 0 saturated heterocycles. The van der Waals surface area contributed by atoms with Crippen molar-refractivity contribution in [1.82, 2.24) is 15.1 Å². The third-order valence-corrected chi connectivity index (χ3v) is 2.28. The summed E-state index contributed by atoms with van der Waals surface area (Å²) >= 11 is 0. The van der Waals surface area contributed by atoms with Gasteiger partial charge >= 0.3 is 0 Å². The first kappa shape index (κ1) is 11.6. The van der Waals surface area contributed by atoms with Crippen LogP contribution in [0.4, 0.5) is 5.82 Å². The van der Waals surface area contributed by atoms with Crippen LogP contribution in [0.15, 0.2) is 6.07 Å². The van der Waals surface area contributed by atoms with Crippen LogP contribution in [0, 0.1) is 6.92 Å². The van der Waals surface area contributed by atoms with E-state index >= 15 is 0 Å². The first-order valence-electron chi connectivity index (χ1n) is 5.00. The summed E-state index contributed by atoms with van der Waals surface area (Å²) in [5.74, 6) is 0.842. The van der Waals surface area contributed by atoms with Crippen molar-refractivity contribution < 1.29 is 4.79 Å². The van der Waals surface area contributed by atoms with Gasteiger partial charge in [-0.05, 0) is 13.8 Å². The van der Waals surface area contributed by atoms with E-state index in [1.807, 2.05) is 27.0 Å². The lowest BCUT2D eigenvalue weighted by Gasteiger charge is -2.11. The van der Waals surface area contributed by atoms with Gasteiger partial charge in [-0.3, -0.25) is 9.48 Å². The topological polar surface area (TPSA) is 59.0 Å². The van der Waals surface area contributed by atoms with Gasteiger partial charge in [-0.2, -0.15) is 5.10 Å². The predicted octanol–water partition coefficient (Wildman–Crippen LogP) is 0.665. The third-order valence-electron chi connectivity index (χ3n) is 2.28. The van der Waals surface area contributed by atoms with Crippen LogP contribution in [0.1, 0.15) is 19.0 Å². The maximum Gasteiger partial charge on any atom is 0.221 e. The molecule has 2 N–H and O–H groups in total. The molecule has 0 aliphatic heterocycles. The quantitative estimate of drug-likeness (QED) is 0.767. The highest BCUT2D eigenvalue weighted by atomic mass is 16.1. The molecule has 0 aliphatic rings. The van der Waals surface area contributed by atoms with Crippen LogP contribution in [0.5, 0.6) is 0 Å². The summed E-state index contributed by atoms with van der Waals surface area (Å²) in [4.78, 5) is 11.1. The second-order valence-corrected chi connectivity index (χ2v) is 3.72. The highest BCUT2D eigenvalue weighted by Gasteiger charge is 2.09. The molecule has 84 valence electrons. The van der Waals surface area contributed by atoms with Crippen molar-refractivity contribution >= 4 is 11.7 Å². The molecule has 1 aromatic heterocycles. The summed E-state index contributed by atoms with van der Waals surface area (Å²) in [6.07, 6.45) is 0.451. The van der Waals surface area contributed by atoms with E-state index in [-0.39, 0.29) is 11.9 Å². The minimum absolute atomic E-state index is 0.0302. The molecule has 5 heteroatoms. The molecule has 0 aliphatic carbocycles. The van der Waals surface area contributed by atoms with E-state index in [4.69, 9.17) is 0 Å². The number of hydrogen-bond donors (Lipinski definition) is 2.